The summed E-state index contributed by atoms with van der Waals surface area (Å²) in [4.78, 5) is 38.1. The average Bonchev–Trinajstić information content (AvgIpc) is 2.76. The summed E-state index contributed by atoms with van der Waals surface area (Å²) in [6.45, 7) is 6.66. The molecule has 1 amide bonds. The van der Waals surface area contributed by atoms with Crippen molar-refractivity contribution < 1.29 is 19.5 Å². The Kier molecular flexibility index (Phi) is 4.36. The van der Waals surface area contributed by atoms with Crippen molar-refractivity contribution in [3.05, 3.63) is 51.8 Å². The Bertz CT molecular complexity index is 818. The van der Waals surface area contributed by atoms with Gasteiger partial charge in [0.25, 0.3) is 5.91 Å². The Balaban J connectivity index is 2.37. The van der Waals surface area contributed by atoms with Gasteiger partial charge in [-0.1, -0.05) is 6.07 Å². The van der Waals surface area contributed by atoms with Crippen LogP contribution in [0.3, 0.4) is 0 Å². The summed E-state index contributed by atoms with van der Waals surface area (Å²) < 4.78 is 0. The largest absolute Gasteiger partial charge is 0.478 e. The molecule has 0 bridgehead atoms. The fraction of sp³-hybridized carbons (Fsp3) is 0.235. The lowest BCUT2D eigenvalue weighted by Gasteiger charge is -2.09. The predicted molar refractivity (Wildman–Crippen MR) is 86.4 cm³/mol. The van der Waals surface area contributed by atoms with Crippen molar-refractivity contribution in [1.82, 2.24) is 4.98 Å². The third kappa shape index (κ3) is 3.15. The van der Waals surface area contributed by atoms with Gasteiger partial charge in [-0.15, -0.1) is 0 Å². The fourth-order valence-corrected chi connectivity index (χ4v) is 2.58. The Morgan fingerprint density at radius 3 is 2.30 bits per heavy atom. The SMILES string of the molecule is CC(=O)c1c(C)[nH]c(C(=O)Nc2cc(C(=O)O)ccc2C)c1C. The smallest absolute Gasteiger partial charge is 0.335 e. The molecule has 1 heterocycles. The van der Waals surface area contributed by atoms with Crippen LogP contribution in [-0.2, 0) is 0 Å². The van der Waals surface area contributed by atoms with Crippen LogP contribution in [0.4, 0.5) is 5.69 Å². The number of aromatic amines is 1. The number of carboxylic acids is 1. The number of aromatic carboxylic acids is 1. The lowest BCUT2D eigenvalue weighted by atomic mass is 10.1. The Hall–Kier alpha value is -2.89. The van der Waals surface area contributed by atoms with Gasteiger partial charge in [0.15, 0.2) is 5.78 Å². The van der Waals surface area contributed by atoms with Crippen molar-refractivity contribution in [1.29, 1.82) is 0 Å². The number of benzene rings is 1. The molecule has 120 valence electrons. The molecular formula is C17H18N2O4. The third-order valence-corrected chi connectivity index (χ3v) is 3.75. The molecule has 0 atom stereocenters. The number of carbonyl (C=O) groups is 3. The van der Waals surface area contributed by atoms with E-state index >= 15 is 0 Å². The quantitative estimate of drug-likeness (QED) is 0.755. The van der Waals surface area contributed by atoms with Gasteiger partial charge in [0, 0.05) is 16.9 Å². The van der Waals surface area contributed by atoms with Crippen LogP contribution in [0.2, 0.25) is 0 Å². The minimum Gasteiger partial charge on any atom is -0.478 e. The van der Waals surface area contributed by atoms with Crippen molar-refractivity contribution >= 4 is 23.3 Å². The maximum atomic E-state index is 12.5. The summed E-state index contributed by atoms with van der Waals surface area (Å²) in [5.41, 5.74) is 3.28. The first-order valence-corrected chi connectivity index (χ1v) is 7.07. The summed E-state index contributed by atoms with van der Waals surface area (Å²) in [6.07, 6.45) is 0. The summed E-state index contributed by atoms with van der Waals surface area (Å²) in [6, 6.07) is 4.52. The molecule has 1 aromatic carbocycles. The van der Waals surface area contributed by atoms with E-state index in [1.807, 2.05) is 0 Å². The zero-order valence-electron chi connectivity index (χ0n) is 13.4. The lowest BCUT2D eigenvalue weighted by Crippen LogP contribution is -2.15. The van der Waals surface area contributed by atoms with Gasteiger partial charge in [-0.25, -0.2) is 4.79 Å². The number of hydrogen-bond acceptors (Lipinski definition) is 3. The number of carbonyl (C=O) groups excluding carboxylic acids is 2. The van der Waals surface area contributed by atoms with E-state index in [2.05, 4.69) is 10.3 Å². The van der Waals surface area contributed by atoms with E-state index in [-0.39, 0.29) is 11.3 Å². The second kappa shape index (κ2) is 6.08. The monoisotopic (exact) mass is 314 g/mol. The molecule has 0 aliphatic rings. The second-order valence-electron chi connectivity index (χ2n) is 5.47. The zero-order valence-corrected chi connectivity index (χ0v) is 13.4. The predicted octanol–water partition coefficient (Wildman–Crippen LogP) is 3.09. The van der Waals surface area contributed by atoms with Crippen LogP contribution in [0.15, 0.2) is 18.2 Å². The molecule has 6 heteroatoms. The Morgan fingerprint density at radius 1 is 1.13 bits per heavy atom. The molecule has 0 radical (unpaired) electrons. The number of aryl methyl sites for hydroxylation is 2. The molecule has 0 aliphatic heterocycles. The van der Waals surface area contributed by atoms with Crippen LogP contribution in [0.5, 0.6) is 0 Å². The second-order valence-corrected chi connectivity index (χ2v) is 5.47. The topological polar surface area (TPSA) is 99.3 Å². The average molecular weight is 314 g/mol. The van der Waals surface area contributed by atoms with Crippen molar-refractivity contribution in [3.63, 3.8) is 0 Å². The van der Waals surface area contributed by atoms with Crippen molar-refractivity contribution in [2.45, 2.75) is 27.7 Å². The first kappa shape index (κ1) is 16.5. The summed E-state index contributed by atoms with van der Waals surface area (Å²) in [7, 11) is 0. The summed E-state index contributed by atoms with van der Waals surface area (Å²) in [5.74, 6) is -1.59. The van der Waals surface area contributed by atoms with Crippen molar-refractivity contribution in [3.8, 4) is 0 Å². The van der Waals surface area contributed by atoms with Crippen LogP contribution >= 0.6 is 0 Å². The van der Waals surface area contributed by atoms with E-state index in [0.717, 1.165) is 5.56 Å². The Labute approximate surface area is 133 Å². The van der Waals surface area contributed by atoms with Gasteiger partial charge >= 0.3 is 5.97 Å². The van der Waals surface area contributed by atoms with Crippen LogP contribution in [0.25, 0.3) is 0 Å². The molecule has 0 saturated carbocycles. The molecule has 2 aromatic rings. The standard InChI is InChI=1S/C17H18N2O4/c1-8-5-6-12(17(22)23)7-13(8)19-16(21)15-9(2)14(11(4)20)10(3)18-15/h5-7,18H,1-4H3,(H,19,21)(H,22,23). The van der Waals surface area contributed by atoms with Crippen LogP contribution in [0.1, 0.15) is 54.9 Å². The highest BCUT2D eigenvalue weighted by atomic mass is 16.4. The van der Waals surface area contributed by atoms with Gasteiger partial charge in [-0.3, -0.25) is 9.59 Å². The van der Waals surface area contributed by atoms with E-state index < -0.39 is 11.9 Å². The van der Waals surface area contributed by atoms with Gasteiger partial charge in [0.2, 0.25) is 0 Å². The minimum absolute atomic E-state index is 0.0923. The molecule has 0 spiro atoms. The molecule has 6 nitrogen and oxygen atoms in total. The number of carboxylic acid groups (broad SMARTS) is 1. The minimum atomic E-state index is -1.06. The van der Waals surface area contributed by atoms with Gasteiger partial charge in [-0.2, -0.15) is 0 Å². The number of anilines is 1. The summed E-state index contributed by atoms with van der Waals surface area (Å²) in [5, 5.41) is 11.7. The normalized spacial score (nSPS) is 10.4. The molecule has 0 aliphatic carbocycles. The number of Topliss-reactive ketones (excluding diaryl/α,β-unsaturated/α-hetero) is 1. The number of hydrogen-bond donors (Lipinski definition) is 3. The third-order valence-electron chi connectivity index (χ3n) is 3.75. The van der Waals surface area contributed by atoms with E-state index in [1.54, 1.807) is 26.8 Å². The van der Waals surface area contributed by atoms with Gasteiger partial charge in [-0.05, 0) is 51.0 Å². The highest BCUT2D eigenvalue weighted by molar-refractivity contribution is 6.08. The van der Waals surface area contributed by atoms with Gasteiger partial charge in [0.1, 0.15) is 5.69 Å². The van der Waals surface area contributed by atoms with Crippen molar-refractivity contribution in [2.24, 2.45) is 0 Å². The number of ketones is 1. The molecule has 1 aromatic heterocycles. The lowest BCUT2D eigenvalue weighted by molar-refractivity contribution is 0.0696. The molecule has 0 fully saturated rings. The molecule has 0 unspecified atom stereocenters. The number of rotatable bonds is 4. The number of aromatic nitrogens is 1. The number of nitrogens with one attached hydrogen (secondary N) is 2. The van der Waals surface area contributed by atoms with E-state index in [1.165, 1.54) is 19.1 Å². The Morgan fingerprint density at radius 2 is 1.78 bits per heavy atom. The maximum Gasteiger partial charge on any atom is 0.335 e. The molecule has 0 saturated heterocycles. The number of amides is 1. The van der Waals surface area contributed by atoms with Crippen LogP contribution in [0, 0.1) is 20.8 Å². The van der Waals surface area contributed by atoms with E-state index in [4.69, 9.17) is 5.11 Å². The first-order valence-electron chi connectivity index (χ1n) is 7.07. The maximum absolute atomic E-state index is 12.5. The zero-order chi connectivity index (χ0) is 17.3. The first-order chi connectivity index (χ1) is 10.7. The van der Waals surface area contributed by atoms with Crippen LogP contribution in [-0.4, -0.2) is 27.8 Å². The van der Waals surface area contributed by atoms with Crippen LogP contribution < -0.4 is 5.32 Å². The van der Waals surface area contributed by atoms with Gasteiger partial charge < -0.3 is 15.4 Å². The number of H-pyrrole nitrogens is 1. The van der Waals surface area contributed by atoms with Gasteiger partial charge in [0.05, 0.1) is 5.56 Å². The molecule has 23 heavy (non-hydrogen) atoms. The highest BCUT2D eigenvalue weighted by Gasteiger charge is 2.20. The summed E-state index contributed by atoms with van der Waals surface area (Å²) >= 11 is 0. The molecule has 3 N–H and O–H groups in total. The molecule has 2 rings (SSSR count). The van der Waals surface area contributed by atoms with E-state index in [0.29, 0.717) is 28.2 Å². The highest BCUT2D eigenvalue weighted by Crippen LogP contribution is 2.22. The molecular weight excluding hydrogens is 296 g/mol. The van der Waals surface area contributed by atoms with E-state index in [9.17, 15) is 14.4 Å². The van der Waals surface area contributed by atoms with Crippen molar-refractivity contribution in [2.75, 3.05) is 5.32 Å². The fourth-order valence-electron chi connectivity index (χ4n) is 2.58.